The lowest BCUT2D eigenvalue weighted by molar-refractivity contribution is -0.119. The van der Waals surface area contributed by atoms with Crippen LogP contribution in [-0.2, 0) is 4.79 Å². The van der Waals surface area contributed by atoms with Crippen LogP contribution in [-0.4, -0.2) is 20.7 Å². The predicted octanol–water partition coefficient (Wildman–Crippen LogP) is 2.40. The van der Waals surface area contributed by atoms with E-state index < -0.39 is 0 Å². The molecule has 0 atom stereocenters. The van der Waals surface area contributed by atoms with E-state index in [1.807, 2.05) is 24.4 Å². The predicted molar refractivity (Wildman–Crippen MR) is 71.9 cm³/mol. The van der Waals surface area contributed by atoms with E-state index in [1.165, 1.54) is 0 Å². The molecule has 2 heterocycles. The van der Waals surface area contributed by atoms with Gasteiger partial charge in [0.2, 0.25) is 5.91 Å². The quantitative estimate of drug-likeness (QED) is 0.917. The molecule has 0 saturated heterocycles. The lowest BCUT2D eigenvalue weighted by Crippen LogP contribution is -2.21. The van der Waals surface area contributed by atoms with Crippen LogP contribution in [0.2, 0.25) is 0 Å². The number of carbonyl (C=O) groups excluding carboxylic acids is 1. The third kappa shape index (κ3) is 2.50. The van der Waals surface area contributed by atoms with Gasteiger partial charge in [-0.3, -0.25) is 4.79 Å². The second kappa shape index (κ2) is 5.22. The number of nitrogens with one attached hydrogen (secondary N) is 1. The van der Waals surface area contributed by atoms with Crippen molar-refractivity contribution in [3.05, 3.63) is 36.8 Å². The average molecular weight is 256 g/mol. The zero-order chi connectivity index (χ0) is 13.1. The van der Waals surface area contributed by atoms with Gasteiger partial charge >= 0.3 is 0 Å². The van der Waals surface area contributed by atoms with Crippen molar-refractivity contribution in [1.29, 1.82) is 0 Å². The van der Waals surface area contributed by atoms with Crippen LogP contribution in [0.3, 0.4) is 0 Å². The highest BCUT2D eigenvalue weighted by Crippen LogP contribution is 2.26. The monoisotopic (exact) mass is 256 g/mol. The number of anilines is 1. The molecule has 5 heteroatoms. The van der Waals surface area contributed by atoms with Gasteiger partial charge in [0.05, 0.1) is 5.69 Å². The normalized spacial score (nSPS) is 15.6. The van der Waals surface area contributed by atoms with Crippen molar-refractivity contribution in [3.8, 4) is 5.82 Å². The topological polar surface area (TPSA) is 59.8 Å². The Morgan fingerprint density at radius 2 is 2.11 bits per heavy atom. The molecular formula is C14H16N4O. The summed E-state index contributed by atoms with van der Waals surface area (Å²) in [6.45, 7) is 0. The van der Waals surface area contributed by atoms with E-state index in [0.29, 0.717) is 11.5 Å². The highest BCUT2D eigenvalue weighted by atomic mass is 16.1. The second-order valence-electron chi connectivity index (χ2n) is 4.80. The first-order valence-electron chi connectivity index (χ1n) is 6.60. The number of rotatable bonds is 3. The van der Waals surface area contributed by atoms with E-state index in [4.69, 9.17) is 0 Å². The highest BCUT2D eigenvalue weighted by Gasteiger charge is 2.23. The Labute approximate surface area is 111 Å². The zero-order valence-electron chi connectivity index (χ0n) is 10.6. The Hall–Kier alpha value is -2.17. The standard InChI is InChI=1S/C14H16N4O/c19-14(11-5-1-2-6-11)17-12-7-3-8-15-13(12)18-10-4-9-16-18/h3-4,7-11H,1-2,5-6H2,(H,17,19). The third-order valence-electron chi connectivity index (χ3n) is 3.49. The van der Waals surface area contributed by atoms with Gasteiger partial charge in [0.25, 0.3) is 0 Å². The largest absolute Gasteiger partial charge is 0.323 e. The van der Waals surface area contributed by atoms with Crippen LogP contribution in [0.4, 0.5) is 5.69 Å². The summed E-state index contributed by atoms with van der Waals surface area (Å²) in [5.74, 6) is 0.892. The van der Waals surface area contributed by atoms with Crippen LogP contribution in [0, 0.1) is 5.92 Å². The Balaban J connectivity index is 1.83. The molecule has 0 unspecified atom stereocenters. The SMILES string of the molecule is O=C(Nc1cccnc1-n1cccn1)C1CCCC1. The van der Waals surface area contributed by atoms with Crippen molar-refractivity contribution in [2.24, 2.45) is 5.92 Å². The van der Waals surface area contributed by atoms with Crippen LogP contribution in [0.25, 0.3) is 5.82 Å². The first-order valence-corrected chi connectivity index (χ1v) is 6.60. The Morgan fingerprint density at radius 1 is 1.26 bits per heavy atom. The van der Waals surface area contributed by atoms with Crippen molar-refractivity contribution in [1.82, 2.24) is 14.8 Å². The van der Waals surface area contributed by atoms with E-state index in [2.05, 4.69) is 15.4 Å². The van der Waals surface area contributed by atoms with Crippen molar-refractivity contribution < 1.29 is 4.79 Å². The van der Waals surface area contributed by atoms with Gasteiger partial charge < -0.3 is 5.32 Å². The Kier molecular flexibility index (Phi) is 3.27. The highest BCUT2D eigenvalue weighted by molar-refractivity contribution is 5.94. The van der Waals surface area contributed by atoms with Crippen molar-refractivity contribution in [2.75, 3.05) is 5.32 Å². The van der Waals surface area contributed by atoms with Crippen molar-refractivity contribution in [2.45, 2.75) is 25.7 Å². The van der Waals surface area contributed by atoms with E-state index in [-0.39, 0.29) is 11.8 Å². The molecule has 0 aliphatic heterocycles. The zero-order valence-corrected chi connectivity index (χ0v) is 10.6. The Morgan fingerprint density at radius 3 is 2.84 bits per heavy atom. The number of carbonyl (C=O) groups is 1. The van der Waals surface area contributed by atoms with Gasteiger partial charge in [0, 0.05) is 24.5 Å². The molecule has 1 fully saturated rings. The van der Waals surface area contributed by atoms with Crippen LogP contribution < -0.4 is 5.32 Å². The van der Waals surface area contributed by atoms with E-state index >= 15 is 0 Å². The van der Waals surface area contributed by atoms with Gasteiger partial charge in [-0.15, -0.1) is 0 Å². The molecule has 1 amide bonds. The first kappa shape index (κ1) is 11.9. The first-order chi connectivity index (χ1) is 9.34. The number of aromatic nitrogens is 3. The smallest absolute Gasteiger partial charge is 0.227 e. The molecule has 0 aromatic carbocycles. The van der Waals surface area contributed by atoms with Gasteiger partial charge in [-0.05, 0) is 31.0 Å². The summed E-state index contributed by atoms with van der Waals surface area (Å²) in [7, 11) is 0. The molecule has 0 spiro atoms. The van der Waals surface area contributed by atoms with E-state index in [9.17, 15) is 4.79 Å². The maximum Gasteiger partial charge on any atom is 0.227 e. The molecule has 1 N–H and O–H groups in total. The molecule has 2 aromatic heterocycles. The summed E-state index contributed by atoms with van der Waals surface area (Å²) in [6, 6.07) is 5.51. The van der Waals surface area contributed by atoms with Gasteiger partial charge in [-0.2, -0.15) is 5.10 Å². The number of hydrogen-bond acceptors (Lipinski definition) is 3. The fourth-order valence-electron chi connectivity index (χ4n) is 2.49. The summed E-state index contributed by atoms with van der Waals surface area (Å²) in [4.78, 5) is 16.5. The summed E-state index contributed by atoms with van der Waals surface area (Å²) in [5, 5.41) is 7.13. The molecule has 1 saturated carbocycles. The molecule has 98 valence electrons. The molecule has 1 aliphatic rings. The minimum absolute atomic E-state index is 0.0962. The van der Waals surface area contributed by atoms with Crippen LogP contribution in [0.5, 0.6) is 0 Å². The Bertz CT molecular complexity index is 559. The fraction of sp³-hybridized carbons (Fsp3) is 0.357. The minimum atomic E-state index is 0.0962. The molecule has 1 aliphatic carbocycles. The van der Waals surface area contributed by atoms with Crippen LogP contribution in [0.1, 0.15) is 25.7 Å². The molecular weight excluding hydrogens is 240 g/mol. The summed E-state index contributed by atoms with van der Waals surface area (Å²) in [6.07, 6.45) is 9.48. The molecule has 0 radical (unpaired) electrons. The van der Waals surface area contributed by atoms with Crippen molar-refractivity contribution >= 4 is 11.6 Å². The van der Waals surface area contributed by atoms with Crippen LogP contribution >= 0.6 is 0 Å². The molecule has 5 nitrogen and oxygen atoms in total. The summed E-state index contributed by atoms with van der Waals surface area (Å²) < 4.78 is 1.66. The minimum Gasteiger partial charge on any atom is -0.323 e. The third-order valence-corrected chi connectivity index (χ3v) is 3.49. The molecule has 19 heavy (non-hydrogen) atoms. The summed E-state index contributed by atoms with van der Waals surface area (Å²) in [5.41, 5.74) is 0.711. The lowest BCUT2D eigenvalue weighted by atomic mass is 10.1. The molecule has 0 bridgehead atoms. The number of hydrogen-bond donors (Lipinski definition) is 1. The van der Waals surface area contributed by atoms with Crippen molar-refractivity contribution in [3.63, 3.8) is 0 Å². The van der Waals surface area contributed by atoms with Gasteiger partial charge in [0.15, 0.2) is 5.82 Å². The number of pyridine rings is 1. The van der Waals surface area contributed by atoms with E-state index in [0.717, 1.165) is 25.7 Å². The lowest BCUT2D eigenvalue weighted by Gasteiger charge is -2.13. The molecule has 3 rings (SSSR count). The molecule has 2 aromatic rings. The van der Waals surface area contributed by atoms with Crippen LogP contribution in [0.15, 0.2) is 36.8 Å². The van der Waals surface area contributed by atoms with E-state index in [1.54, 1.807) is 17.1 Å². The second-order valence-corrected chi connectivity index (χ2v) is 4.80. The maximum atomic E-state index is 12.2. The number of nitrogens with zero attached hydrogens (tertiary/aromatic N) is 3. The van der Waals surface area contributed by atoms with Gasteiger partial charge in [0.1, 0.15) is 0 Å². The van der Waals surface area contributed by atoms with Gasteiger partial charge in [-0.25, -0.2) is 9.67 Å². The average Bonchev–Trinajstić information content (AvgIpc) is 3.13. The summed E-state index contributed by atoms with van der Waals surface area (Å²) >= 11 is 0. The van der Waals surface area contributed by atoms with Gasteiger partial charge in [-0.1, -0.05) is 12.8 Å². The number of amides is 1. The maximum absolute atomic E-state index is 12.2. The fourth-order valence-corrected chi connectivity index (χ4v) is 2.49.